The van der Waals surface area contributed by atoms with E-state index in [2.05, 4.69) is 41.0 Å². The Morgan fingerprint density at radius 3 is 1.81 bits per heavy atom. The number of fused-ring (bicyclic) bond motifs is 2. The molecule has 2 fully saturated rings. The van der Waals surface area contributed by atoms with E-state index in [1.165, 1.54) is 6.42 Å². The second-order valence-electron chi connectivity index (χ2n) is 15.7. The number of ether oxygens (including phenoxy) is 1. The quantitative estimate of drug-likeness (QED) is 0.128. The van der Waals surface area contributed by atoms with Crippen molar-refractivity contribution in [3.63, 3.8) is 0 Å². The fourth-order valence-corrected chi connectivity index (χ4v) is 8.58. The number of aliphatic hydroxyl groups excluding tert-OH is 1. The highest BCUT2D eigenvalue weighted by Crippen LogP contribution is 2.28. The van der Waals surface area contributed by atoms with Crippen molar-refractivity contribution in [2.24, 2.45) is 0 Å². The number of rotatable bonds is 11. The molecule has 62 heavy (non-hydrogen) atoms. The van der Waals surface area contributed by atoms with Crippen LogP contribution in [0.2, 0.25) is 0 Å². The summed E-state index contributed by atoms with van der Waals surface area (Å²) in [5.74, 6) is 0.0168. The molecule has 16 nitrogen and oxygen atoms in total. The second-order valence-corrected chi connectivity index (χ2v) is 15.7. The minimum absolute atomic E-state index is 0.0239. The maximum Gasteiger partial charge on any atom is 0.254 e. The number of carbonyl (C=O) groups excluding carboxylic acids is 2. The molecular weight excluding hydrogens is 785 g/mol. The molecule has 16 heteroatoms. The summed E-state index contributed by atoms with van der Waals surface area (Å²) in [7, 11) is 1.67. The van der Waals surface area contributed by atoms with E-state index in [9.17, 15) is 14.7 Å². The zero-order valence-electron chi connectivity index (χ0n) is 34.5. The van der Waals surface area contributed by atoms with E-state index >= 15 is 0 Å². The van der Waals surface area contributed by atoms with Crippen molar-refractivity contribution in [1.82, 2.24) is 60.2 Å². The van der Waals surface area contributed by atoms with E-state index in [4.69, 9.17) is 4.74 Å². The number of para-hydroxylation sites is 2. The third-order valence-electron chi connectivity index (χ3n) is 11.8. The number of H-pyrrole nitrogens is 2. The lowest BCUT2D eigenvalue weighted by molar-refractivity contribution is 0.0584. The molecule has 1 aliphatic carbocycles. The highest BCUT2D eigenvalue weighted by molar-refractivity contribution is 5.96. The number of hydrogen-bond acceptors (Lipinski definition) is 10. The summed E-state index contributed by atoms with van der Waals surface area (Å²) in [6, 6.07) is 31.0. The van der Waals surface area contributed by atoms with E-state index < -0.39 is 0 Å². The first-order valence-electron chi connectivity index (χ1n) is 21.1. The summed E-state index contributed by atoms with van der Waals surface area (Å²) >= 11 is 0. The SMILES string of the molecule is COC[C@@H]1CCCN1C(=O)c1ccc(-n2cc(-c3n[nH]c4ccccc34)nn2)cc1.O=C(c1ccc(-n2cc(-c3n[nH]c4ccccc34)nn2)cc1)N(CCO)C1CCCCC1. The first-order chi connectivity index (χ1) is 30.5. The van der Waals surface area contributed by atoms with Crippen molar-refractivity contribution in [2.75, 3.05) is 33.4 Å². The molecule has 316 valence electrons. The number of carbonyl (C=O) groups is 2. The van der Waals surface area contributed by atoms with Crippen molar-refractivity contribution in [1.29, 1.82) is 0 Å². The Hall–Kier alpha value is -7.04. The molecule has 5 heterocycles. The molecule has 1 atom stereocenters. The van der Waals surface area contributed by atoms with Crippen LogP contribution in [-0.2, 0) is 4.74 Å². The van der Waals surface area contributed by atoms with Crippen LogP contribution in [0.1, 0.15) is 65.7 Å². The number of nitrogens with zero attached hydrogens (tertiary/aromatic N) is 10. The Kier molecular flexibility index (Phi) is 11.9. The predicted octanol–water partition coefficient (Wildman–Crippen LogP) is 6.64. The molecule has 2 amide bonds. The molecular formula is C46H48N12O4. The summed E-state index contributed by atoms with van der Waals surface area (Å²) in [5, 5.41) is 43.3. The average molecular weight is 833 g/mol. The van der Waals surface area contributed by atoms with Crippen LogP contribution in [0.4, 0.5) is 0 Å². The van der Waals surface area contributed by atoms with E-state index in [0.717, 1.165) is 89.6 Å². The number of nitrogens with one attached hydrogen (secondary N) is 2. The lowest BCUT2D eigenvalue weighted by Crippen LogP contribution is -2.43. The minimum Gasteiger partial charge on any atom is -0.395 e. The van der Waals surface area contributed by atoms with Gasteiger partial charge in [0.2, 0.25) is 0 Å². The molecule has 8 aromatic rings. The minimum atomic E-state index is -0.0280. The number of amides is 2. The van der Waals surface area contributed by atoms with Crippen molar-refractivity contribution < 1.29 is 19.4 Å². The number of hydrogen-bond donors (Lipinski definition) is 3. The normalized spacial score (nSPS) is 15.5. The predicted molar refractivity (Wildman–Crippen MR) is 234 cm³/mol. The molecule has 0 spiro atoms. The van der Waals surface area contributed by atoms with Gasteiger partial charge < -0.3 is 19.6 Å². The zero-order chi connectivity index (χ0) is 42.4. The van der Waals surface area contributed by atoms with Crippen LogP contribution in [0.3, 0.4) is 0 Å². The fourth-order valence-electron chi connectivity index (χ4n) is 8.58. The fraction of sp³-hybridized carbons (Fsp3) is 0.304. The van der Waals surface area contributed by atoms with Crippen LogP contribution < -0.4 is 0 Å². The standard InChI is InChI=1S/C24H26N6O2.C22H22N6O2/c31-15-14-29(18-6-2-1-3-7-18)24(32)17-10-12-19(13-11-17)30-16-22(26-28-30)23-20-8-4-5-9-21(20)25-27-23;1-30-14-17-5-4-12-27(17)22(29)15-8-10-16(11-9-15)28-13-20(24-26-28)21-18-6-2-3-7-19(18)23-25-21/h4-5,8-13,16,18,31H,1-3,6-7,14-15H2,(H,25,27);2-3,6-11,13,17H,4-5,12,14H2,1H3,(H,23,25)/t;17-/m.0/s1. The molecule has 4 aromatic carbocycles. The Balaban J connectivity index is 0.000000158. The van der Waals surface area contributed by atoms with E-state index in [1.54, 1.807) is 16.5 Å². The third-order valence-corrected chi connectivity index (χ3v) is 11.8. The van der Waals surface area contributed by atoms with E-state index in [-0.39, 0.29) is 30.5 Å². The first kappa shape index (κ1) is 40.4. The Bertz CT molecular complexity index is 2770. The van der Waals surface area contributed by atoms with Gasteiger partial charge in [0, 0.05) is 48.1 Å². The van der Waals surface area contributed by atoms with Gasteiger partial charge in [-0.15, -0.1) is 10.2 Å². The van der Waals surface area contributed by atoms with Gasteiger partial charge >= 0.3 is 0 Å². The first-order valence-corrected chi connectivity index (χ1v) is 21.1. The molecule has 4 aromatic heterocycles. The molecule has 2 aliphatic rings. The highest BCUT2D eigenvalue weighted by Gasteiger charge is 2.29. The molecule has 1 saturated heterocycles. The van der Waals surface area contributed by atoms with Crippen molar-refractivity contribution in [2.45, 2.75) is 57.0 Å². The Morgan fingerprint density at radius 2 is 1.26 bits per heavy atom. The van der Waals surface area contributed by atoms with Crippen LogP contribution in [0.25, 0.3) is 56.0 Å². The average Bonchev–Trinajstić information content (AvgIpc) is 4.19. The number of benzene rings is 4. The number of likely N-dealkylation sites (tertiary alicyclic amines) is 1. The lowest BCUT2D eigenvalue weighted by atomic mass is 9.93. The van der Waals surface area contributed by atoms with E-state index in [1.807, 2.05) is 119 Å². The summed E-state index contributed by atoms with van der Waals surface area (Å²) in [6.07, 6.45) is 11.2. The second kappa shape index (κ2) is 18.3. The molecule has 0 unspecified atom stereocenters. The van der Waals surface area contributed by atoms with Crippen LogP contribution >= 0.6 is 0 Å². The molecule has 10 rings (SSSR count). The Labute approximate surface area is 357 Å². The topological polar surface area (TPSA) is 189 Å². The maximum atomic E-state index is 13.1. The smallest absolute Gasteiger partial charge is 0.254 e. The summed E-state index contributed by atoms with van der Waals surface area (Å²) in [4.78, 5) is 29.8. The van der Waals surface area contributed by atoms with Gasteiger partial charge in [0.15, 0.2) is 0 Å². The highest BCUT2D eigenvalue weighted by atomic mass is 16.5. The number of aliphatic hydroxyl groups is 1. The van der Waals surface area contributed by atoms with Gasteiger partial charge in [0.05, 0.1) is 54.1 Å². The van der Waals surface area contributed by atoms with Gasteiger partial charge in [-0.1, -0.05) is 66.1 Å². The largest absolute Gasteiger partial charge is 0.395 e. The number of methoxy groups -OCH3 is 1. The summed E-state index contributed by atoms with van der Waals surface area (Å²) in [5.41, 5.74) is 7.72. The molecule has 0 bridgehead atoms. The van der Waals surface area contributed by atoms with Crippen LogP contribution in [-0.4, -0.2) is 123 Å². The summed E-state index contributed by atoms with van der Waals surface area (Å²) < 4.78 is 8.63. The van der Waals surface area contributed by atoms with Crippen LogP contribution in [0.5, 0.6) is 0 Å². The molecule has 3 N–H and O–H groups in total. The van der Waals surface area contributed by atoms with Gasteiger partial charge in [0.1, 0.15) is 22.8 Å². The third kappa shape index (κ3) is 8.34. The number of aromatic amines is 2. The lowest BCUT2D eigenvalue weighted by Gasteiger charge is -2.34. The van der Waals surface area contributed by atoms with Crippen molar-refractivity contribution in [3.8, 4) is 34.2 Å². The summed E-state index contributed by atoms with van der Waals surface area (Å²) in [6.45, 7) is 1.70. The van der Waals surface area contributed by atoms with Gasteiger partial charge in [0.25, 0.3) is 11.8 Å². The van der Waals surface area contributed by atoms with Crippen LogP contribution in [0, 0.1) is 0 Å². The van der Waals surface area contributed by atoms with Crippen molar-refractivity contribution in [3.05, 3.63) is 121 Å². The van der Waals surface area contributed by atoms with Gasteiger partial charge in [-0.2, -0.15) is 10.2 Å². The van der Waals surface area contributed by atoms with Crippen LogP contribution in [0.15, 0.2) is 109 Å². The van der Waals surface area contributed by atoms with E-state index in [0.29, 0.717) is 35.7 Å². The number of aromatic nitrogens is 10. The zero-order valence-corrected chi connectivity index (χ0v) is 34.5. The monoisotopic (exact) mass is 832 g/mol. The van der Waals surface area contributed by atoms with Crippen molar-refractivity contribution >= 4 is 33.6 Å². The van der Waals surface area contributed by atoms with Gasteiger partial charge in [-0.25, -0.2) is 9.36 Å². The molecule has 1 saturated carbocycles. The molecule has 0 radical (unpaired) electrons. The Morgan fingerprint density at radius 1 is 0.710 bits per heavy atom. The molecule has 1 aliphatic heterocycles. The maximum absolute atomic E-state index is 13.1. The van der Waals surface area contributed by atoms with Gasteiger partial charge in [-0.3, -0.25) is 19.8 Å². The van der Waals surface area contributed by atoms with Gasteiger partial charge in [-0.05, 0) is 86.3 Å².